The van der Waals surface area contributed by atoms with Crippen molar-refractivity contribution < 1.29 is 22.4 Å². The first kappa shape index (κ1) is 21.1. The summed E-state index contributed by atoms with van der Waals surface area (Å²) in [6, 6.07) is 7.45. The van der Waals surface area contributed by atoms with E-state index >= 15 is 0 Å². The maximum absolute atomic E-state index is 14.7. The molecule has 3 rings (SSSR count). The minimum absolute atomic E-state index is 0.0957. The first-order valence-electron chi connectivity index (χ1n) is 9.38. The number of nitrogens with one attached hydrogen (secondary N) is 1. The summed E-state index contributed by atoms with van der Waals surface area (Å²) in [5.41, 5.74) is 0.919. The van der Waals surface area contributed by atoms with Gasteiger partial charge >= 0.3 is 6.03 Å². The predicted molar refractivity (Wildman–Crippen MR) is 101 cm³/mol. The van der Waals surface area contributed by atoms with Crippen LogP contribution in [0.15, 0.2) is 42.5 Å². The molecule has 0 unspecified atom stereocenters. The molecule has 1 saturated heterocycles. The molecule has 1 aliphatic rings. The van der Waals surface area contributed by atoms with E-state index in [1.807, 2.05) is 11.9 Å². The number of halogens is 4. The third-order valence-corrected chi connectivity index (χ3v) is 5.00. The Morgan fingerprint density at radius 3 is 2.34 bits per heavy atom. The second-order valence-electron chi connectivity index (χ2n) is 7.33. The number of hydrogen-bond acceptors (Lipinski definition) is 2. The molecule has 4 nitrogen and oxygen atoms in total. The van der Waals surface area contributed by atoms with Crippen LogP contribution >= 0.6 is 0 Å². The lowest BCUT2D eigenvalue weighted by Crippen LogP contribution is -2.55. The van der Waals surface area contributed by atoms with Gasteiger partial charge in [-0.25, -0.2) is 22.4 Å². The fraction of sp³-hybridized carbons (Fsp3) is 0.381. The normalized spacial score (nSPS) is 19.8. The average molecular weight is 409 g/mol. The number of amides is 2. The molecule has 2 aromatic carbocycles. The van der Waals surface area contributed by atoms with Gasteiger partial charge in [0.15, 0.2) is 0 Å². The van der Waals surface area contributed by atoms with Gasteiger partial charge in [-0.1, -0.05) is 12.1 Å². The summed E-state index contributed by atoms with van der Waals surface area (Å²) in [5.74, 6) is -1.88. The molecule has 1 aliphatic heterocycles. The molecule has 0 bridgehead atoms. The van der Waals surface area contributed by atoms with Crippen LogP contribution < -0.4 is 5.32 Å². The number of benzene rings is 2. The Bertz CT molecular complexity index is 826. The zero-order valence-electron chi connectivity index (χ0n) is 16.0. The quantitative estimate of drug-likeness (QED) is 0.762. The third-order valence-electron chi connectivity index (χ3n) is 5.00. The lowest BCUT2D eigenvalue weighted by atomic mass is 10.0. The molecule has 29 heavy (non-hydrogen) atoms. The standard InChI is InChI=1S/C21H23F4N3O/c1-27-7-6-20(19(25)13-27)28(12-14-2-4-16(22)5-3-14)21(29)26-11-15-8-17(23)10-18(24)9-15/h2-5,8-10,19-20H,6-7,11-13H2,1H3,(H,26,29)/t19-,20+/m1/s1. The van der Waals surface area contributed by atoms with Crippen molar-refractivity contribution in [3.63, 3.8) is 0 Å². The van der Waals surface area contributed by atoms with Crippen molar-refractivity contribution in [3.05, 3.63) is 71.0 Å². The van der Waals surface area contributed by atoms with Gasteiger partial charge < -0.3 is 15.1 Å². The minimum Gasteiger partial charge on any atom is -0.334 e. The molecule has 0 aromatic heterocycles. The first-order valence-corrected chi connectivity index (χ1v) is 9.38. The second-order valence-corrected chi connectivity index (χ2v) is 7.33. The van der Waals surface area contributed by atoms with Crippen LogP contribution in [0.25, 0.3) is 0 Å². The number of carbonyl (C=O) groups excluding carboxylic acids is 1. The van der Waals surface area contributed by atoms with Crippen molar-refractivity contribution >= 4 is 6.03 Å². The number of likely N-dealkylation sites (tertiary alicyclic amines) is 1. The Hall–Kier alpha value is -2.61. The summed E-state index contributed by atoms with van der Waals surface area (Å²) in [6.45, 7) is 0.829. The predicted octanol–water partition coefficient (Wildman–Crippen LogP) is 3.86. The van der Waals surface area contributed by atoms with Crippen LogP contribution in [0, 0.1) is 17.5 Å². The van der Waals surface area contributed by atoms with Crippen molar-refractivity contribution in [2.24, 2.45) is 0 Å². The van der Waals surface area contributed by atoms with Gasteiger partial charge in [-0.15, -0.1) is 0 Å². The summed E-state index contributed by atoms with van der Waals surface area (Å²) in [7, 11) is 1.81. The number of carbonyl (C=O) groups is 1. The van der Waals surface area contributed by atoms with Gasteiger partial charge in [0.05, 0.1) is 6.04 Å². The number of rotatable bonds is 5. The molecule has 1 heterocycles. The van der Waals surface area contributed by atoms with Gasteiger partial charge in [0.1, 0.15) is 23.6 Å². The average Bonchev–Trinajstić information content (AvgIpc) is 2.65. The van der Waals surface area contributed by atoms with Gasteiger partial charge in [0.25, 0.3) is 0 Å². The fourth-order valence-electron chi connectivity index (χ4n) is 3.51. The van der Waals surface area contributed by atoms with Gasteiger partial charge in [0.2, 0.25) is 0 Å². The third kappa shape index (κ3) is 5.69. The van der Waals surface area contributed by atoms with E-state index in [4.69, 9.17) is 0 Å². The highest BCUT2D eigenvalue weighted by atomic mass is 19.1. The van der Waals surface area contributed by atoms with E-state index < -0.39 is 35.7 Å². The molecule has 0 spiro atoms. The maximum Gasteiger partial charge on any atom is 0.318 e. The molecule has 8 heteroatoms. The molecular formula is C21H23F4N3O. The number of hydrogen-bond donors (Lipinski definition) is 1. The molecule has 2 atom stereocenters. The van der Waals surface area contributed by atoms with Crippen LogP contribution in [0.4, 0.5) is 22.4 Å². The topological polar surface area (TPSA) is 35.6 Å². The number of alkyl halides is 1. The minimum atomic E-state index is -1.24. The van der Waals surface area contributed by atoms with Crippen LogP contribution in [0.1, 0.15) is 17.5 Å². The molecule has 1 N–H and O–H groups in total. The largest absolute Gasteiger partial charge is 0.334 e. The number of piperidine rings is 1. The van der Waals surface area contributed by atoms with E-state index in [1.165, 1.54) is 17.0 Å². The van der Waals surface area contributed by atoms with E-state index in [9.17, 15) is 22.4 Å². The van der Waals surface area contributed by atoms with Crippen molar-refractivity contribution in [3.8, 4) is 0 Å². The first-order chi connectivity index (χ1) is 13.8. The fourth-order valence-corrected chi connectivity index (χ4v) is 3.51. The number of nitrogens with zero attached hydrogens (tertiary/aromatic N) is 2. The highest BCUT2D eigenvalue weighted by Gasteiger charge is 2.35. The lowest BCUT2D eigenvalue weighted by Gasteiger charge is -2.39. The molecule has 0 aliphatic carbocycles. The van der Waals surface area contributed by atoms with Crippen LogP contribution in [-0.2, 0) is 13.1 Å². The molecule has 0 radical (unpaired) electrons. The molecule has 2 amide bonds. The van der Waals surface area contributed by atoms with Crippen molar-refractivity contribution in [1.82, 2.24) is 15.1 Å². The van der Waals surface area contributed by atoms with E-state index in [-0.39, 0.29) is 25.2 Å². The smallest absolute Gasteiger partial charge is 0.318 e. The summed E-state index contributed by atoms with van der Waals surface area (Å²) in [6.07, 6.45) is -0.799. The van der Waals surface area contributed by atoms with Crippen molar-refractivity contribution in [2.75, 3.05) is 20.1 Å². The highest BCUT2D eigenvalue weighted by Crippen LogP contribution is 2.22. The Labute approximate surface area is 167 Å². The Kier molecular flexibility index (Phi) is 6.74. The molecule has 156 valence electrons. The summed E-state index contributed by atoms with van der Waals surface area (Å²) < 4.78 is 54.6. The summed E-state index contributed by atoms with van der Waals surface area (Å²) >= 11 is 0. The highest BCUT2D eigenvalue weighted by molar-refractivity contribution is 5.74. The van der Waals surface area contributed by atoms with Crippen LogP contribution in [0.5, 0.6) is 0 Å². The SMILES string of the molecule is CN1CC[C@H](N(Cc2ccc(F)cc2)C(=O)NCc2cc(F)cc(F)c2)[C@H](F)C1. The Morgan fingerprint density at radius 1 is 1.07 bits per heavy atom. The second kappa shape index (κ2) is 9.26. The number of urea groups is 1. The van der Waals surface area contributed by atoms with E-state index in [2.05, 4.69) is 5.32 Å². The molecular weight excluding hydrogens is 386 g/mol. The van der Waals surface area contributed by atoms with Crippen LogP contribution in [0.2, 0.25) is 0 Å². The zero-order valence-corrected chi connectivity index (χ0v) is 16.0. The summed E-state index contributed by atoms with van der Waals surface area (Å²) in [4.78, 5) is 16.1. The van der Waals surface area contributed by atoms with Crippen LogP contribution in [0.3, 0.4) is 0 Å². The van der Waals surface area contributed by atoms with Gasteiger partial charge in [0, 0.05) is 32.2 Å². The molecule has 0 saturated carbocycles. The van der Waals surface area contributed by atoms with Gasteiger partial charge in [-0.3, -0.25) is 0 Å². The van der Waals surface area contributed by atoms with E-state index in [1.54, 1.807) is 12.1 Å². The van der Waals surface area contributed by atoms with Crippen LogP contribution in [-0.4, -0.2) is 48.2 Å². The monoisotopic (exact) mass is 409 g/mol. The van der Waals surface area contributed by atoms with E-state index in [0.29, 0.717) is 18.5 Å². The van der Waals surface area contributed by atoms with Crippen molar-refractivity contribution in [2.45, 2.75) is 31.7 Å². The van der Waals surface area contributed by atoms with Crippen molar-refractivity contribution in [1.29, 1.82) is 0 Å². The molecule has 2 aromatic rings. The molecule has 1 fully saturated rings. The Morgan fingerprint density at radius 2 is 1.72 bits per heavy atom. The zero-order chi connectivity index (χ0) is 21.0. The van der Waals surface area contributed by atoms with E-state index in [0.717, 1.165) is 18.2 Å². The van der Waals surface area contributed by atoms with Gasteiger partial charge in [-0.05, 0) is 48.9 Å². The maximum atomic E-state index is 14.7. The lowest BCUT2D eigenvalue weighted by molar-refractivity contribution is 0.0571. The summed E-state index contributed by atoms with van der Waals surface area (Å²) in [5, 5.41) is 2.61. The van der Waals surface area contributed by atoms with Gasteiger partial charge in [-0.2, -0.15) is 0 Å². The Balaban J connectivity index is 1.75.